The van der Waals surface area contributed by atoms with Crippen molar-refractivity contribution < 1.29 is 18.7 Å². The Bertz CT molecular complexity index is 1010. The van der Waals surface area contributed by atoms with E-state index < -0.39 is 11.7 Å². The first-order valence-corrected chi connectivity index (χ1v) is 9.68. The number of amides is 2. The van der Waals surface area contributed by atoms with E-state index in [1.54, 1.807) is 12.1 Å². The summed E-state index contributed by atoms with van der Waals surface area (Å²) in [6.07, 6.45) is 0. The van der Waals surface area contributed by atoms with E-state index in [-0.39, 0.29) is 24.1 Å². The lowest BCUT2D eigenvalue weighted by molar-refractivity contribution is -0.126. The number of carbonyl (C=O) groups excluding carboxylic acids is 2. The first-order valence-electron chi connectivity index (χ1n) is 8.48. The SMILES string of the molecule is O=C(COCc1nnc(C(=O)Nc2cccc(F)c2)s1)NCc1ccccc1Cl. The fourth-order valence-corrected chi connectivity index (χ4v) is 3.15. The standard InChI is InChI=1S/C19H16ClFN4O3S/c20-15-7-2-1-4-12(15)9-22-16(26)10-28-11-17-24-25-19(29-17)18(27)23-14-6-3-5-13(21)8-14/h1-8H,9-11H2,(H,22,26)(H,23,27). The highest BCUT2D eigenvalue weighted by Crippen LogP contribution is 2.16. The van der Waals surface area contributed by atoms with Gasteiger partial charge in [0.2, 0.25) is 10.9 Å². The highest BCUT2D eigenvalue weighted by molar-refractivity contribution is 7.13. The molecule has 0 aliphatic carbocycles. The molecule has 150 valence electrons. The third-order valence-corrected chi connectivity index (χ3v) is 4.90. The van der Waals surface area contributed by atoms with Crippen molar-refractivity contribution in [3.05, 3.63) is 74.9 Å². The molecule has 1 heterocycles. The van der Waals surface area contributed by atoms with Crippen LogP contribution in [0.2, 0.25) is 5.02 Å². The Labute approximate surface area is 174 Å². The van der Waals surface area contributed by atoms with Gasteiger partial charge in [-0.15, -0.1) is 10.2 Å². The number of ether oxygens (including phenoxy) is 1. The zero-order valence-corrected chi connectivity index (χ0v) is 16.6. The molecule has 7 nitrogen and oxygen atoms in total. The molecule has 0 aliphatic rings. The van der Waals surface area contributed by atoms with Crippen molar-refractivity contribution in [1.82, 2.24) is 15.5 Å². The van der Waals surface area contributed by atoms with E-state index in [1.807, 2.05) is 18.2 Å². The molecule has 10 heteroatoms. The summed E-state index contributed by atoms with van der Waals surface area (Å²) in [5, 5.41) is 14.0. The molecule has 0 radical (unpaired) electrons. The van der Waals surface area contributed by atoms with Crippen LogP contribution in [0.5, 0.6) is 0 Å². The number of benzene rings is 2. The first kappa shape index (κ1) is 20.8. The lowest BCUT2D eigenvalue weighted by atomic mass is 10.2. The van der Waals surface area contributed by atoms with Crippen molar-refractivity contribution in [2.45, 2.75) is 13.2 Å². The molecule has 0 saturated carbocycles. The predicted molar refractivity (Wildman–Crippen MR) is 107 cm³/mol. The molecule has 0 saturated heterocycles. The molecule has 2 N–H and O–H groups in total. The van der Waals surface area contributed by atoms with Crippen LogP contribution in [-0.4, -0.2) is 28.6 Å². The van der Waals surface area contributed by atoms with E-state index in [0.29, 0.717) is 22.3 Å². The summed E-state index contributed by atoms with van der Waals surface area (Å²) in [6.45, 7) is 0.157. The smallest absolute Gasteiger partial charge is 0.286 e. The lowest BCUT2D eigenvalue weighted by Crippen LogP contribution is -2.27. The second-order valence-electron chi connectivity index (χ2n) is 5.83. The van der Waals surface area contributed by atoms with Crippen molar-refractivity contribution in [3.8, 4) is 0 Å². The highest BCUT2D eigenvalue weighted by Gasteiger charge is 2.14. The Kier molecular flexibility index (Phi) is 7.23. The van der Waals surface area contributed by atoms with Crippen molar-refractivity contribution in [2.24, 2.45) is 0 Å². The second-order valence-corrected chi connectivity index (χ2v) is 7.30. The van der Waals surface area contributed by atoms with E-state index in [1.165, 1.54) is 18.2 Å². The van der Waals surface area contributed by atoms with Gasteiger partial charge in [0, 0.05) is 17.3 Å². The molecule has 0 atom stereocenters. The monoisotopic (exact) mass is 434 g/mol. The van der Waals surface area contributed by atoms with Crippen LogP contribution in [0.15, 0.2) is 48.5 Å². The quantitative estimate of drug-likeness (QED) is 0.566. The molecule has 0 spiro atoms. The molecule has 3 aromatic rings. The summed E-state index contributed by atoms with van der Waals surface area (Å²) in [6, 6.07) is 12.7. The Hall–Kier alpha value is -2.88. The van der Waals surface area contributed by atoms with Gasteiger partial charge >= 0.3 is 0 Å². The van der Waals surface area contributed by atoms with Gasteiger partial charge in [0.05, 0.1) is 0 Å². The summed E-state index contributed by atoms with van der Waals surface area (Å²) >= 11 is 7.06. The van der Waals surface area contributed by atoms with Crippen molar-refractivity contribution in [3.63, 3.8) is 0 Å². The lowest BCUT2D eigenvalue weighted by Gasteiger charge is -2.06. The minimum Gasteiger partial charge on any atom is -0.364 e. The number of nitrogens with one attached hydrogen (secondary N) is 2. The van der Waals surface area contributed by atoms with E-state index in [9.17, 15) is 14.0 Å². The molecule has 0 bridgehead atoms. The average Bonchev–Trinajstić information content (AvgIpc) is 3.16. The van der Waals surface area contributed by atoms with Gasteiger partial charge < -0.3 is 15.4 Å². The third kappa shape index (κ3) is 6.31. The summed E-state index contributed by atoms with van der Waals surface area (Å²) < 4.78 is 18.5. The number of hydrogen-bond acceptors (Lipinski definition) is 6. The molecule has 2 amide bonds. The fourth-order valence-electron chi connectivity index (χ4n) is 2.27. The summed E-state index contributed by atoms with van der Waals surface area (Å²) in [5.41, 5.74) is 1.12. The van der Waals surface area contributed by atoms with Crippen molar-refractivity contribution in [1.29, 1.82) is 0 Å². The zero-order valence-electron chi connectivity index (χ0n) is 15.0. The van der Waals surface area contributed by atoms with Gasteiger partial charge in [0.25, 0.3) is 5.91 Å². The Morgan fingerprint density at radius 1 is 1.14 bits per heavy atom. The van der Waals surface area contributed by atoms with Gasteiger partial charge in [-0.1, -0.05) is 47.2 Å². The topological polar surface area (TPSA) is 93.2 Å². The van der Waals surface area contributed by atoms with Crippen LogP contribution in [0.4, 0.5) is 10.1 Å². The van der Waals surface area contributed by atoms with Gasteiger partial charge in [-0.2, -0.15) is 0 Å². The fraction of sp³-hybridized carbons (Fsp3) is 0.158. The van der Waals surface area contributed by atoms with E-state index in [2.05, 4.69) is 20.8 Å². The molecule has 1 aromatic heterocycles. The molecule has 0 aliphatic heterocycles. The van der Waals surface area contributed by atoms with Gasteiger partial charge in [-0.3, -0.25) is 9.59 Å². The molecule has 2 aromatic carbocycles. The Balaban J connectivity index is 1.42. The van der Waals surface area contributed by atoms with Gasteiger partial charge in [0.15, 0.2) is 0 Å². The zero-order chi connectivity index (χ0) is 20.6. The van der Waals surface area contributed by atoms with Crippen LogP contribution in [0.3, 0.4) is 0 Å². The number of aromatic nitrogens is 2. The minimum absolute atomic E-state index is 0.0322. The minimum atomic E-state index is -0.503. The number of hydrogen-bond donors (Lipinski definition) is 2. The summed E-state index contributed by atoms with van der Waals surface area (Å²) in [5.74, 6) is -1.27. The molecular weight excluding hydrogens is 419 g/mol. The molecular formula is C19H16ClFN4O3S. The van der Waals surface area contributed by atoms with Crippen LogP contribution < -0.4 is 10.6 Å². The maximum Gasteiger partial charge on any atom is 0.286 e. The van der Waals surface area contributed by atoms with E-state index in [4.69, 9.17) is 16.3 Å². The summed E-state index contributed by atoms with van der Waals surface area (Å²) in [7, 11) is 0. The third-order valence-electron chi connectivity index (χ3n) is 3.64. The first-order chi connectivity index (χ1) is 14.0. The van der Waals surface area contributed by atoms with Gasteiger partial charge in [0.1, 0.15) is 24.0 Å². The number of nitrogens with zero attached hydrogens (tertiary/aromatic N) is 2. The Morgan fingerprint density at radius 2 is 1.97 bits per heavy atom. The number of halogens is 2. The van der Waals surface area contributed by atoms with Crippen LogP contribution in [-0.2, 0) is 22.7 Å². The van der Waals surface area contributed by atoms with Gasteiger partial charge in [-0.05, 0) is 29.8 Å². The van der Waals surface area contributed by atoms with Crippen LogP contribution in [0.25, 0.3) is 0 Å². The van der Waals surface area contributed by atoms with Crippen LogP contribution >= 0.6 is 22.9 Å². The summed E-state index contributed by atoms with van der Waals surface area (Å²) in [4.78, 5) is 24.0. The van der Waals surface area contributed by atoms with Crippen LogP contribution in [0, 0.1) is 5.82 Å². The number of carbonyl (C=O) groups is 2. The van der Waals surface area contributed by atoms with Crippen LogP contribution in [0.1, 0.15) is 20.4 Å². The largest absolute Gasteiger partial charge is 0.364 e. The molecule has 0 unspecified atom stereocenters. The van der Waals surface area contributed by atoms with E-state index >= 15 is 0 Å². The second kappa shape index (κ2) is 10.1. The van der Waals surface area contributed by atoms with Crippen molar-refractivity contribution in [2.75, 3.05) is 11.9 Å². The molecule has 3 rings (SSSR count). The van der Waals surface area contributed by atoms with E-state index in [0.717, 1.165) is 16.9 Å². The maximum absolute atomic E-state index is 13.2. The molecule has 29 heavy (non-hydrogen) atoms. The average molecular weight is 435 g/mol. The van der Waals surface area contributed by atoms with Crippen molar-refractivity contribution >= 4 is 40.4 Å². The predicted octanol–water partition coefficient (Wildman–Crippen LogP) is 3.42. The number of rotatable bonds is 8. The highest BCUT2D eigenvalue weighted by atomic mass is 35.5. The van der Waals surface area contributed by atoms with Gasteiger partial charge in [-0.25, -0.2) is 4.39 Å². The molecule has 0 fully saturated rings. The normalized spacial score (nSPS) is 10.6. The Morgan fingerprint density at radius 3 is 2.76 bits per heavy atom. The maximum atomic E-state index is 13.2. The number of anilines is 1.